The molecule has 0 aliphatic rings. The first-order chi connectivity index (χ1) is 31.6. The molecule has 0 bridgehead atoms. The van der Waals surface area contributed by atoms with Gasteiger partial charge in [0.1, 0.15) is 0 Å². The standard InChI is InChI=1S/C55H40N2.C7H8/c1-39-16-31-51(32-17-39)57-54-15-9-8-14-52(54)53-38-47(30-37-55(53)57)46-24-22-42(23-25-46)41-18-20-43(21-19-41)45-28-35-50(36-29-45)56(48-12-6-3-7-13-48)49-33-26-44(27-34-49)40-10-4-2-5-11-40;1-7-5-3-2-4-6-7/h2-38H,1H3;2-6H,1H3. The molecule has 0 fully saturated rings. The second-order valence-electron chi connectivity index (χ2n) is 16.4. The van der Waals surface area contributed by atoms with Crippen LogP contribution < -0.4 is 4.90 Å². The van der Waals surface area contributed by atoms with Gasteiger partial charge in [0, 0.05) is 33.5 Å². The molecule has 1 aromatic heterocycles. The number of para-hydroxylation sites is 2. The van der Waals surface area contributed by atoms with Crippen molar-refractivity contribution in [3.05, 3.63) is 266 Å². The Morgan fingerprint density at radius 1 is 0.266 bits per heavy atom. The molecular weight excluding hydrogens is 773 g/mol. The Morgan fingerprint density at radius 2 is 0.625 bits per heavy atom. The highest BCUT2D eigenvalue weighted by atomic mass is 15.1. The smallest absolute Gasteiger partial charge is 0.0541 e. The van der Waals surface area contributed by atoms with E-state index in [4.69, 9.17) is 0 Å². The van der Waals surface area contributed by atoms with Gasteiger partial charge in [-0.1, -0.05) is 199 Å². The molecule has 10 aromatic carbocycles. The highest BCUT2D eigenvalue weighted by Crippen LogP contribution is 2.38. The molecule has 1 heterocycles. The van der Waals surface area contributed by atoms with Gasteiger partial charge in [0.2, 0.25) is 0 Å². The lowest BCUT2D eigenvalue weighted by molar-refractivity contribution is 1.17. The molecule has 306 valence electrons. The highest BCUT2D eigenvalue weighted by molar-refractivity contribution is 6.10. The molecule has 0 unspecified atom stereocenters. The second-order valence-corrected chi connectivity index (χ2v) is 16.4. The lowest BCUT2D eigenvalue weighted by Crippen LogP contribution is -2.09. The summed E-state index contributed by atoms with van der Waals surface area (Å²) in [6.07, 6.45) is 0. The Labute approximate surface area is 376 Å². The van der Waals surface area contributed by atoms with Crippen molar-refractivity contribution < 1.29 is 0 Å². The van der Waals surface area contributed by atoms with E-state index in [-0.39, 0.29) is 0 Å². The quantitative estimate of drug-likeness (QED) is 0.148. The van der Waals surface area contributed by atoms with Crippen molar-refractivity contribution in [3.63, 3.8) is 0 Å². The van der Waals surface area contributed by atoms with Gasteiger partial charge in [-0.3, -0.25) is 0 Å². The number of fused-ring (bicyclic) bond motifs is 3. The monoisotopic (exact) mass is 820 g/mol. The maximum atomic E-state index is 2.38. The van der Waals surface area contributed by atoms with E-state index in [2.05, 4.69) is 260 Å². The zero-order chi connectivity index (χ0) is 43.2. The fourth-order valence-electron chi connectivity index (χ4n) is 8.63. The zero-order valence-corrected chi connectivity index (χ0v) is 36.1. The average Bonchev–Trinajstić information content (AvgIpc) is 3.70. The maximum absolute atomic E-state index is 2.38. The molecule has 0 atom stereocenters. The van der Waals surface area contributed by atoms with Crippen LogP contribution >= 0.6 is 0 Å². The molecule has 0 saturated carbocycles. The number of benzene rings is 10. The Kier molecular flexibility index (Phi) is 11.2. The van der Waals surface area contributed by atoms with E-state index in [1.807, 2.05) is 18.2 Å². The van der Waals surface area contributed by atoms with Crippen molar-refractivity contribution >= 4 is 38.9 Å². The summed E-state index contributed by atoms with van der Waals surface area (Å²) in [5, 5.41) is 2.53. The summed E-state index contributed by atoms with van der Waals surface area (Å²) in [4.78, 5) is 2.31. The highest BCUT2D eigenvalue weighted by Gasteiger charge is 2.15. The van der Waals surface area contributed by atoms with Crippen LogP contribution in [0.5, 0.6) is 0 Å². The molecule has 64 heavy (non-hydrogen) atoms. The predicted molar refractivity (Wildman–Crippen MR) is 273 cm³/mol. The van der Waals surface area contributed by atoms with Crippen LogP contribution in [0.4, 0.5) is 17.1 Å². The molecular formula is C62H48N2. The van der Waals surface area contributed by atoms with Crippen LogP contribution in [-0.2, 0) is 0 Å². The molecule has 0 spiro atoms. The van der Waals surface area contributed by atoms with E-state index in [0.717, 1.165) is 17.1 Å². The summed E-state index contributed by atoms with van der Waals surface area (Å²) < 4.78 is 2.38. The van der Waals surface area contributed by atoms with E-state index in [1.165, 1.54) is 83.1 Å². The first-order valence-corrected chi connectivity index (χ1v) is 22.0. The fraction of sp³-hybridized carbons (Fsp3) is 0.0323. The van der Waals surface area contributed by atoms with Crippen molar-refractivity contribution in [1.82, 2.24) is 4.57 Å². The molecule has 2 nitrogen and oxygen atoms in total. The van der Waals surface area contributed by atoms with Gasteiger partial charge < -0.3 is 9.47 Å². The normalized spacial score (nSPS) is 11.0. The van der Waals surface area contributed by atoms with Gasteiger partial charge in [0.05, 0.1) is 11.0 Å². The van der Waals surface area contributed by atoms with Crippen LogP contribution in [0, 0.1) is 13.8 Å². The molecule has 0 amide bonds. The molecule has 2 heteroatoms. The Balaban J connectivity index is 0.000000634. The molecule has 0 N–H and O–H groups in total. The van der Waals surface area contributed by atoms with Gasteiger partial charge in [-0.25, -0.2) is 0 Å². The second kappa shape index (κ2) is 18.0. The summed E-state index contributed by atoms with van der Waals surface area (Å²) in [7, 11) is 0. The van der Waals surface area contributed by atoms with Crippen molar-refractivity contribution in [2.45, 2.75) is 13.8 Å². The van der Waals surface area contributed by atoms with Gasteiger partial charge >= 0.3 is 0 Å². The van der Waals surface area contributed by atoms with E-state index >= 15 is 0 Å². The number of aromatic nitrogens is 1. The number of hydrogen-bond donors (Lipinski definition) is 0. The van der Waals surface area contributed by atoms with Crippen molar-refractivity contribution in [3.8, 4) is 50.2 Å². The Bertz CT molecular complexity index is 3260. The topological polar surface area (TPSA) is 8.17 Å². The van der Waals surface area contributed by atoms with E-state index in [1.54, 1.807) is 0 Å². The summed E-state index contributed by atoms with van der Waals surface area (Å²) in [5.74, 6) is 0. The molecule has 11 rings (SSSR count). The lowest BCUT2D eigenvalue weighted by atomic mass is 9.97. The summed E-state index contributed by atoms with van der Waals surface area (Å²) in [5.41, 5.74) is 19.2. The van der Waals surface area contributed by atoms with Crippen molar-refractivity contribution in [2.24, 2.45) is 0 Å². The van der Waals surface area contributed by atoms with Crippen LogP contribution in [0.3, 0.4) is 0 Å². The number of anilines is 3. The van der Waals surface area contributed by atoms with E-state index in [9.17, 15) is 0 Å². The largest absolute Gasteiger partial charge is 0.311 e. The zero-order valence-electron chi connectivity index (χ0n) is 36.1. The van der Waals surface area contributed by atoms with E-state index < -0.39 is 0 Å². The molecule has 0 aliphatic heterocycles. The molecule has 11 aromatic rings. The minimum atomic E-state index is 1.12. The van der Waals surface area contributed by atoms with Crippen molar-refractivity contribution in [2.75, 3.05) is 4.90 Å². The average molecular weight is 821 g/mol. The number of hydrogen-bond acceptors (Lipinski definition) is 1. The predicted octanol–water partition coefficient (Wildman–Crippen LogP) is 17.2. The molecule has 0 aliphatic carbocycles. The van der Waals surface area contributed by atoms with Crippen molar-refractivity contribution in [1.29, 1.82) is 0 Å². The van der Waals surface area contributed by atoms with Gasteiger partial charge in [-0.05, 0) is 125 Å². The SMILES string of the molecule is Cc1ccc(-n2c3ccccc3c3cc(-c4ccc(-c5ccc(-c6ccc(N(c7ccccc7)c7ccc(-c8ccccc8)cc7)cc6)cc5)cc4)ccc32)cc1.Cc1ccccc1. The van der Waals surface area contributed by atoms with Crippen LogP contribution in [-0.4, -0.2) is 4.57 Å². The third-order valence-corrected chi connectivity index (χ3v) is 12.0. The summed E-state index contributed by atoms with van der Waals surface area (Å²) in [6.45, 7) is 4.22. The summed E-state index contributed by atoms with van der Waals surface area (Å²) in [6, 6.07) is 91.4. The van der Waals surface area contributed by atoms with Crippen LogP contribution in [0.15, 0.2) is 255 Å². The Hall–Kier alpha value is -8.20. The first kappa shape index (κ1) is 39.9. The van der Waals surface area contributed by atoms with Crippen LogP contribution in [0.1, 0.15) is 11.1 Å². The molecule has 0 radical (unpaired) electrons. The third kappa shape index (κ3) is 8.38. The maximum Gasteiger partial charge on any atom is 0.0541 e. The molecule has 0 saturated heterocycles. The number of aryl methyl sites for hydroxylation is 2. The fourth-order valence-corrected chi connectivity index (χ4v) is 8.63. The van der Waals surface area contributed by atoms with Crippen LogP contribution in [0.25, 0.3) is 72.0 Å². The summed E-state index contributed by atoms with van der Waals surface area (Å²) >= 11 is 0. The minimum Gasteiger partial charge on any atom is -0.311 e. The minimum absolute atomic E-state index is 1.12. The van der Waals surface area contributed by atoms with Gasteiger partial charge in [0.25, 0.3) is 0 Å². The van der Waals surface area contributed by atoms with Gasteiger partial charge in [-0.2, -0.15) is 0 Å². The lowest BCUT2D eigenvalue weighted by Gasteiger charge is -2.26. The van der Waals surface area contributed by atoms with Gasteiger partial charge in [0.15, 0.2) is 0 Å². The van der Waals surface area contributed by atoms with Gasteiger partial charge in [-0.15, -0.1) is 0 Å². The number of rotatable bonds is 8. The van der Waals surface area contributed by atoms with E-state index in [0.29, 0.717) is 0 Å². The van der Waals surface area contributed by atoms with Crippen LogP contribution in [0.2, 0.25) is 0 Å². The first-order valence-electron chi connectivity index (χ1n) is 22.0. The third-order valence-electron chi connectivity index (χ3n) is 12.0. The number of nitrogens with zero attached hydrogens (tertiary/aromatic N) is 2. The Morgan fingerprint density at radius 3 is 1.12 bits per heavy atom.